The van der Waals surface area contributed by atoms with E-state index in [2.05, 4.69) is 10.5 Å². The van der Waals surface area contributed by atoms with Crippen LogP contribution in [-0.4, -0.2) is 31.3 Å². The van der Waals surface area contributed by atoms with E-state index in [1.165, 1.54) is 6.21 Å². The van der Waals surface area contributed by atoms with Gasteiger partial charge in [-0.2, -0.15) is 5.10 Å². The fraction of sp³-hybridized carbons (Fsp3) is 0.0800. The third-order valence-corrected chi connectivity index (χ3v) is 4.78. The molecule has 1 N–H and O–H groups in total. The number of pyridine rings is 1. The summed E-state index contributed by atoms with van der Waals surface area (Å²) in [5, 5.41) is 4.72. The number of hydrogen-bond acceptors (Lipinski definition) is 6. The molecule has 1 amide bonds. The van der Waals surface area contributed by atoms with Crippen LogP contribution < -0.4 is 14.9 Å². The van der Waals surface area contributed by atoms with E-state index in [0.717, 1.165) is 10.9 Å². The van der Waals surface area contributed by atoms with E-state index in [-0.39, 0.29) is 5.91 Å². The summed E-state index contributed by atoms with van der Waals surface area (Å²) in [6.07, 6.45) is 6.49. The Morgan fingerprint density at radius 2 is 1.94 bits per heavy atom. The number of nitrogens with one attached hydrogen (secondary N) is 1. The van der Waals surface area contributed by atoms with Crippen LogP contribution in [0, 0.1) is 0 Å². The van der Waals surface area contributed by atoms with Crippen molar-refractivity contribution in [2.45, 2.75) is 0 Å². The van der Waals surface area contributed by atoms with E-state index in [0.29, 0.717) is 34.0 Å². The number of amides is 1. The molecule has 2 aromatic carbocycles. The molecule has 0 unspecified atom stereocenters. The number of hydrogen-bond donors (Lipinski definition) is 1. The lowest BCUT2D eigenvalue weighted by molar-refractivity contribution is 0.0956. The number of fused-ring (bicyclic) bond motifs is 1. The number of rotatable bonds is 7. The maximum Gasteiger partial charge on any atom is 0.272 e. The van der Waals surface area contributed by atoms with Gasteiger partial charge in [-0.3, -0.25) is 4.79 Å². The lowest BCUT2D eigenvalue weighted by Gasteiger charge is -2.12. The molecule has 160 valence electrons. The number of carbonyl (C=O) groups excluding carboxylic acids is 1. The number of ether oxygens (including phenoxy) is 2. The first kappa shape index (κ1) is 20.9. The maximum atomic E-state index is 12.9. The molecule has 2 aromatic heterocycles. The summed E-state index contributed by atoms with van der Waals surface area (Å²) in [6, 6.07) is 18.3. The van der Waals surface area contributed by atoms with Crippen LogP contribution in [0.1, 0.15) is 16.1 Å². The average molecular weight is 427 g/mol. The van der Waals surface area contributed by atoms with Crippen molar-refractivity contribution in [2.75, 3.05) is 14.2 Å². The number of nitrogens with zero attached hydrogens (tertiary/aromatic N) is 2. The Labute approximate surface area is 185 Å². The van der Waals surface area contributed by atoms with Gasteiger partial charge in [0.05, 0.1) is 37.3 Å². The Morgan fingerprint density at radius 1 is 1.06 bits per heavy atom. The van der Waals surface area contributed by atoms with E-state index in [9.17, 15) is 4.79 Å². The van der Waals surface area contributed by atoms with E-state index >= 15 is 0 Å². The van der Waals surface area contributed by atoms with E-state index in [1.807, 2.05) is 42.5 Å². The zero-order valence-corrected chi connectivity index (χ0v) is 17.6. The van der Waals surface area contributed by atoms with Gasteiger partial charge < -0.3 is 13.9 Å². The highest BCUT2D eigenvalue weighted by Crippen LogP contribution is 2.34. The third-order valence-electron chi connectivity index (χ3n) is 4.78. The van der Waals surface area contributed by atoms with Crippen molar-refractivity contribution in [1.29, 1.82) is 0 Å². The molecule has 32 heavy (non-hydrogen) atoms. The van der Waals surface area contributed by atoms with Gasteiger partial charge in [-0.05, 0) is 48.6 Å². The van der Waals surface area contributed by atoms with Gasteiger partial charge in [-0.25, -0.2) is 10.4 Å². The SMILES string of the molecule is COc1ccc(-c2cc(C(=O)NN=CC=Cc3ccco3)c3ccccc3n2)c(OC)c1. The number of hydrazone groups is 1. The summed E-state index contributed by atoms with van der Waals surface area (Å²) in [5.41, 5.74) is 5.06. The molecule has 2 heterocycles. The molecule has 0 saturated heterocycles. The standard InChI is InChI=1S/C25H21N3O4/c1-30-18-11-12-20(24(15-18)31-2)23-16-21(19-9-3-4-10-22(19)27-23)25(29)28-26-13-5-7-17-8-6-14-32-17/h3-16H,1-2H3,(H,28,29). The van der Waals surface area contributed by atoms with Crippen molar-refractivity contribution in [3.8, 4) is 22.8 Å². The van der Waals surface area contributed by atoms with Crippen molar-refractivity contribution in [1.82, 2.24) is 10.4 Å². The van der Waals surface area contributed by atoms with Gasteiger partial charge in [-0.1, -0.05) is 18.2 Å². The summed E-state index contributed by atoms with van der Waals surface area (Å²) in [5.74, 6) is 1.61. The number of aromatic nitrogens is 1. The lowest BCUT2D eigenvalue weighted by Crippen LogP contribution is -2.18. The molecule has 0 aliphatic carbocycles. The molecule has 4 rings (SSSR count). The van der Waals surface area contributed by atoms with Gasteiger partial charge in [0.25, 0.3) is 5.91 Å². The second-order valence-electron chi connectivity index (χ2n) is 6.73. The van der Waals surface area contributed by atoms with Crippen molar-refractivity contribution < 1.29 is 18.7 Å². The first-order valence-electron chi connectivity index (χ1n) is 9.85. The predicted molar refractivity (Wildman–Crippen MR) is 124 cm³/mol. The third kappa shape index (κ3) is 4.52. The average Bonchev–Trinajstić information content (AvgIpc) is 3.36. The molecule has 0 aliphatic rings. The molecule has 4 aromatic rings. The van der Waals surface area contributed by atoms with Crippen LogP contribution in [0.4, 0.5) is 0 Å². The Bertz CT molecular complexity index is 1290. The van der Waals surface area contributed by atoms with Crippen molar-refractivity contribution in [3.63, 3.8) is 0 Å². The number of carbonyl (C=O) groups is 1. The molecule has 0 atom stereocenters. The van der Waals surface area contributed by atoms with Gasteiger partial charge in [-0.15, -0.1) is 0 Å². The molecule has 7 heteroatoms. The van der Waals surface area contributed by atoms with Crippen LogP contribution in [-0.2, 0) is 0 Å². The number of methoxy groups -OCH3 is 2. The number of benzene rings is 2. The summed E-state index contributed by atoms with van der Waals surface area (Å²) in [7, 11) is 3.17. The van der Waals surface area contributed by atoms with E-state index in [4.69, 9.17) is 18.9 Å². The summed E-state index contributed by atoms with van der Waals surface area (Å²) < 4.78 is 16.0. The highest BCUT2D eigenvalue weighted by molar-refractivity contribution is 6.07. The van der Waals surface area contributed by atoms with Crippen LogP contribution in [0.5, 0.6) is 11.5 Å². The minimum atomic E-state index is -0.347. The second kappa shape index (κ2) is 9.61. The monoisotopic (exact) mass is 427 g/mol. The van der Waals surface area contributed by atoms with Gasteiger partial charge in [0.15, 0.2) is 0 Å². The number of para-hydroxylation sites is 1. The molecular formula is C25H21N3O4. The van der Waals surface area contributed by atoms with Crippen molar-refractivity contribution in [2.24, 2.45) is 5.10 Å². The molecule has 0 aliphatic heterocycles. The number of allylic oxidation sites excluding steroid dienone is 1. The zero-order chi connectivity index (χ0) is 22.3. The molecule has 0 spiro atoms. The second-order valence-corrected chi connectivity index (χ2v) is 6.73. The fourth-order valence-electron chi connectivity index (χ4n) is 3.23. The lowest BCUT2D eigenvalue weighted by atomic mass is 10.0. The minimum Gasteiger partial charge on any atom is -0.497 e. The van der Waals surface area contributed by atoms with Crippen LogP contribution >= 0.6 is 0 Å². The highest BCUT2D eigenvalue weighted by atomic mass is 16.5. The van der Waals surface area contributed by atoms with Crippen molar-refractivity contribution in [3.05, 3.63) is 84.3 Å². The normalized spacial score (nSPS) is 11.3. The van der Waals surface area contributed by atoms with Crippen LogP contribution in [0.2, 0.25) is 0 Å². The predicted octanol–water partition coefficient (Wildman–Crippen LogP) is 4.94. The van der Waals surface area contributed by atoms with E-state index in [1.54, 1.807) is 50.8 Å². The Hall–Kier alpha value is -4.39. The molecule has 0 saturated carbocycles. The summed E-state index contributed by atoms with van der Waals surface area (Å²) in [6.45, 7) is 0. The van der Waals surface area contributed by atoms with Gasteiger partial charge >= 0.3 is 0 Å². The van der Waals surface area contributed by atoms with Crippen LogP contribution in [0.3, 0.4) is 0 Å². The molecule has 7 nitrogen and oxygen atoms in total. The van der Waals surface area contributed by atoms with Crippen LogP contribution in [0.25, 0.3) is 28.2 Å². The molecule has 0 bridgehead atoms. The fourth-order valence-corrected chi connectivity index (χ4v) is 3.23. The first-order valence-corrected chi connectivity index (χ1v) is 9.85. The Morgan fingerprint density at radius 3 is 2.72 bits per heavy atom. The summed E-state index contributed by atoms with van der Waals surface area (Å²) >= 11 is 0. The highest BCUT2D eigenvalue weighted by Gasteiger charge is 2.16. The van der Waals surface area contributed by atoms with Gasteiger partial charge in [0.1, 0.15) is 17.3 Å². The number of furan rings is 1. The van der Waals surface area contributed by atoms with Crippen molar-refractivity contribution >= 4 is 29.1 Å². The van der Waals surface area contributed by atoms with E-state index < -0.39 is 0 Å². The van der Waals surface area contributed by atoms with Crippen LogP contribution in [0.15, 0.2) is 82.5 Å². The summed E-state index contributed by atoms with van der Waals surface area (Å²) in [4.78, 5) is 17.7. The Kier molecular flexibility index (Phi) is 6.27. The quantitative estimate of drug-likeness (QED) is 0.333. The van der Waals surface area contributed by atoms with Gasteiger partial charge in [0.2, 0.25) is 0 Å². The Balaban J connectivity index is 1.66. The van der Waals surface area contributed by atoms with Gasteiger partial charge in [0, 0.05) is 23.2 Å². The first-order chi connectivity index (χ1) is 15.7. The largest absolute Gasteiger partial charge is 0.497 e. The smallest absolute Gasteiger partial charge is 0.272 e. The molecule has 0 fully saturated rings. The minimum absolute atomic E-state index is 0.347. The maximum absolute atomic E-state index is 12.9. The molecule has 0 radical (unpaired) electrons. The topological polar surface area (TPSA) is 86.0 Å². The zero-order valence-electron chi connectivity index (χ0n) is 17.6. The molecular weight excluding hydrogens is 406 g/mol.